The first kappa shape index (κ1) is 19.1. The summed E-state index contributed by atoms with van der Waals surface area (Å²) in [5.74, 6) is 1.10. The van der Waals surface area contributed by atoms with Gasteiger partial charge in [0.1, 0.15) is 5.82 Å². The zero-order valence-corrected chi connectivity index (χ0v) is 17.6. The number of nitrogens with one attached hydrogen (secondary N) is 1. The smallest absolute Gasteiger partial charge is 0.414 e. The van der Waals surface area contributed by atoms with Crippen molar-refractivity contribution in [2.45, 2.75) is 44.7 Å². The molecule has 2 aromatic carbocycles. The predicted octanol–water partition coefficient (Wildman–Crippen LogP) is 4.07. The first-order chi connectivity index (χ1) is 14.7. The lowest BCUT2D eigenvalue weighted by Crippen LogP contribution is -2.42. The van der Waals surface area contributed by atoms with Gasteiger partial charge >= 0.3 is 6.09 Å². The Labute approximate surface area is 176 Å². The van der Waals surface area contributed by atoms with E-state index in [1.54, 1.807) is 4.90 Å². The molecule has 3 heterocycles. The summed E-state index contributed by atoms with van der Waals surface area (Å²) >= 11 is 0. The van der Waals surface area contributed by atoms with Gasteiger partial charge in [0.15, 0.2) is 0 Å². The molecule has 1 N–H and O–H groups in total. The van der Waals surface area contributed by atoms with Crippen LogP contribution >= 0.6 is 0 Å². The number of hydrogen-bond donors (Lipinski definition) is 1. The average Bonchev–Trinajstić information content (AvgIpc) is 3.41. The van der Waals surface area contributed by atoms with Crippen LogP contribution in [0, 0.1) is 0 Å². The van der Waals surface area contributed by atoms with Gasteiger partial charge < -0.3 is 14.6 Å². The Balaban J connectivity index is 1.67. The summed E-state index contributed by atoms with van der Waals surface area (Å²) in [6, 6.07) is 15.3. The van der Waals surface area contributed by atoms with E-state index in [4.69, 9.17) is 9.72 Å². The van der Waals surface area contributed by atoms with E-state index < -0.39 is 0 Å². The van der Waals surface area contributed by atoms with Crippen molar-refractivity contribution in [2.75, 3.05) is 25.1 Å². The summed E-state index contributed by atoms with van der Waals surface area (Å²) in [4.78, 5) is 19.4. The Bertz CT molecular complexity index is 1070. The van der Waals surface area contributed by atoms with Crippen molar-refractivity contribution >= 4 is 22.8 Å². The molecule has 2 aliphatic heterocycles. The van der Waals surface area contributed by atoms with E-state index in [1.807, 2.05) is 6.07 Å². The zero-order valence-electron chi connectivity index (χ0n) is 17.6. The molecular weight excluding hydrogens is 376 g/mol. The van der Waals surface area contributed by atoms with Crippen LogP contribution in [0.2, 0.25) is 0 Å². The fourth-order valence-electron chi connectivity index (χ4n) is 4.99. The molecule has 156 valence electrons. The predicted molar refractivity (Wildman–Crippen MR) is 118 cm³/mol. The maximum absolute atomic E-state index is 12.5. The largest absolute Gasteiger partial charge is 0.452 e. The Morgan fingerprint density at radius 3 is 2.77 bits per heavy atom. The van der Waals surface area contributed by atoms with Crippen LogP contribution in [0.3, 0.4) is 0 Å². The fourth-order valence-corrected chi connectivity index (χ4v) is 4.99. The molecule has 0 spiro atoms. The van der Waals surface area contributed by atoms with Crippen molar-refractivity contribution in [3.8, 4) is 0 Å². The van der Waals surface area contributed by atoms with Crippen LogP contribution in [0.4, 0.5) is 10.5 Å². The molecule has 2 atom stereocenters. The van der Waals surface area contributed by atoms with Crippen molar-refractivity contribution in [1.29, 1.82) is 0 Å². The number of benzene rings is 2. The molecule has 1 saturated heterocycles. The summed E-state index contributed by atoms with van der Waals surface area (Å²) < 4.78 is 7.51. The molecule has 2 aliphatic rings. The lowest BCUT2D eigenvalue weighted by atomic mass is 9.95. The SMILES string of the molecule is COC(=O)N1c2ccc3c(nc(Cc4ccccc4)n3[C@@H]3CCNC3)c2CC[C@@H]1C. The summed E-state index contributed by atoms with van der Waals surface area (Å²) in [7, 11) is 1.45. The van der Waals surface area contributed by atoms with E-state index in [0.717, 1.165) is 61.4 Å². The first-order valence-corrected chi connectivity index (χ1v) is 10.8. The molecule has 6 nitrogen and oxygen atoms in total. The topological polar surface area (TPSA) is 59.4 Å². The van der Waals surface area contributed by atoms with Crippen LogP contribution in [0.25, 0.3) is 11.0 Å². The van der Waals surface area contributed by atoms with E-state index in [9.17, 15) is 4.79 Å². The van der Waals surface area contributed by atoms with Gasteiger partial charge in [-0.05, 0) is 50.4 Å². The van der Waals surface area contributed by atoms with Crippen molar-refractivity contribution in [2.24, 2.45) is 0 Å². The number of nitrogens with zero attached hydrogens (tertiary/aromatic N) is 3. The Kier molecular flexibility index (Phi) is 4.95. The van der Waals surface area contributed by atoms with Crippen molar-refractivity contribution in [3.05, 3.63) is 59.4 Å². The number of methoxy groups -OCH3 is 1. The highest BCUT2D eigenvalue weighted by Crippen LogP contribution is 2.38. The van der Waals surface area contributed by atoms with Crippen LogP contribution in [0.15, 0.2) is 42.5 Å². The molecule has 0 bridgehead atoms. The third-order valence-corrected chi connectivity index (χ3v) is 6.50. The number of ether oxygens (including phenoxy) is 1. The molecule has 0 unspecified atom stereocenters. The van der Waals surface area contributed by atoms with Gasteiger partial charge in [0, 0.05) is 30.6 Å². The van der Waals surface area contributed by atoms with E-state index in [0.29, 0.717) is 6.04 Å². The molecule has 1 amide bonds. The van der Waals surface area contributed by atoms with Gasteiger partial charge in [-0.3, -0.25) is 4.90 Å². The quantitative estimate of drug-likeness (QED) is 0.715. The van der Waals surface area contributed by atoms with Crippen LogP contribution < -0.4 is 10.2 Å². The second-order valence-electron chi connectivity index (χ2n) is 8.37. The number of carbonyl (C=O) groups excluding carboxylic acids is 1. The Morgan fingerprint density at radius 2 is 2.03 bits per heavy atom. The summed E-state index contributed by atoms with van der Waals surface area (Å²) in [5, 5.41) is 3.50. The second kappa shape index (κ2) is 7.76. The highest BCUT2D eigenvalue weighted by Gasteiger charge is 2.32. The minimum Gasteiger partial charge on any atom is -0.452 e. The molecule has 30 heavy (non-hydrogen) atoms. The summed E-state index contributed by atoms with van der Waals surface area (Å²) in [6.45, 7) is 4.08. The van der Waals surface area contributed by atoms with Crippen molar-refractivity contribution in [1.82, 2.24) is 14.9 Å². The molecule has 0 radical (unpaired) electrons. The van der Waals surface area contributed by atoms with Gasteiger partial charge in [-0.1, -0.05) is 30.3 Å². The molecular formula is C24H28N4O2. The van der Waals surface area contributed by atoms with E-state index in [1.165, 1.54) is 18.2 Å². The number of hydrogen-bond acceptors (Lipinski definition) is 4. The minimum atomic E-state index is -0.299. The molecule has 0 aliphatic carbocycles. The highest BCUT2D eigenvalue weighted by atomic mass is 16.5. The Morgan fingerprint density at radius 1 is 1.20 bits per heavy atom. The second-order valence-corrected chi connectivity index (χ2v) is 8.37. The molecule has 6 heteroatoms. The number of imidazole rings is 1. The van der Waals surface area contributed by atoms with Gasteiger partial charge in [0.2, 0.25) is 0 Å². The highest BCUT2D eigenvalue weighted by molar-refractivity contribution is 5.95. The lowest BCUT2D eigenvalue weighted by Gasteiger charge is -2.34. The minimum absolute atomic E-state index is 0.118. The summed E-state index contributed by atoms with van der Waals surface area (Å²) in [5.41, 5.74) is 5.57. The van der Waals surface area contributed by atoms with Gasteiger partial charge in [0.05, 0.1) is 23.8 Å². The lowest BCUT2D eigenvalue weighted by molar-refractivity contribution is 0.175. The van der Waals surface area contributed by atoms with E-state index in [2.05, 4.69) is 53.2 Å². The maximum atomic E-state index is 12.5. The van der Waals surface area contributed by atoms with Crippen LogP contribution in [0.5, 0.6) is 0 Å². The first-order valence-electron chi connectivity index (χ1n) is 10.8. The van der Waals surface area contributed by atoms with Crippen molar-refractivity contribution in [3.63, 3.8) is 0 Å². The number of aryl methyl sites for hydroxylation is 1. The molecule has 0 saturated carbocycles. The number of aromatic nitrogens is 2. The monoisotopic (exact) mass is 404 g/mol. The number of anilines is 1. The molecule has 1 fully saturated rings. The molecule has 3 aromatic rings. The van der Waals surface area contributed by atoms with Crippen molar-refractivity contribution < 1.29 is 9.53 Å². The van der Waals surface area contributed by atoms with Gasteiger partial charge in [-0.2, -0.15) is 0 Å². The number of fused-ring (bicyclic) bond motifs is 3. The number of amides is 1. The summed E-state index contributed by atoms with van der Waals surface area (Å²) in [6.07, 6.45) is 3.44. The van der Waals surface area contributed by atoms with E-state index in [-0.39, 0.29) is 12.1 Å². The number of carbonyl (C=O) groups is 1. The molecule has 1 aromatic heterocycles. The fraction of sp³-hybridized carbons (Fsp3) is 0.417. The zero-order chi connectivity index (χ0) is 20.7. The maximum Gasteiger partial charge on any atom is 0.414 e. The average molecular weight is 405 g/mol. The third kappa shape index (κ3) is 3.16. The van der Waals surface area contributed by atoms with Gasteiger partial charge in [-0.15, -0.1) is 0 Å². The standard InChI is InChI=1S/C24H28N4O2/c1-16-8-9-19-20(27(16)24(29)30-2)10-11-21-23(19)26-22(14-17-6-4-3-5-7-17)28(21)18-12-13-25-15-18/h3-7,10-11,16,18,25H,8-9,12-15H2,1-2H3/t16-,18+/m0/s1. The van der Waals surface area contributed by atoms with Gasteiger partial charge in [-0.25, -0.2) is 9.78 Å². The Hall–Kier alpha value is -2.86. The van der Waals surface area contributed by atoms with E-state index >= 15 is 0 Å². The normalized spacial score (nSPS) is 21.1. The van der Waals surface area contributed by atoms with Crippen LogP contribution in [-0.2, 0) is 17.6 Å². The molecule has 5 rings (SSSR count). The van der Waals surface area contributed by atoms with Crippen LogP contribution in [0.1, 0.15) is 42.8 Å². The van der Waals surface area contributed by atoms with Crippen LogP contribution in [-0.4, -0.2) is 41.9 Å². The third-order valence-electron chi connectivity index (χ3n) is 6.50. The van der Waals surface area contributed by atoms with Gasteiger partial charge in [0.25, 0.3) is 0 Å². The number of rotatable bonds is 3.